The molecule has 21 heavy (non-hydrogen) atoms. The highest BCUT2D eigenvalue weighted by Crippen LogP contribution is 2.14. The Hall–Kier alpha value is -1.81. The smallest absolute Gasteiger partial charge is 0.252 e. The Labute approximate surface area is 130 Å². The van der Waals surface area contributed by atoms with Crippen molar-refractivity contribution in [1.29, 1.82) is 0 Å². The number of carbonyl (C=O) groups excluding carboxylic acids is 1. The number of carbonyl (C=O) groups is 1. The number of halogens is 1. The molecule has 0 aliphatic rings. The van der Waals surface area contributed by atoms with Gasteiger partial charge in [0.25, 0.3) is 5.91 Å². The van der Waals surface area contributed by atoms with Gasteiger partial charge in [0.15, 0.2) is 0 Å². The van der Waals surface area contributed by atoms with Crippen molar-refractivity contribution in [2.45, 2.75) is 27.3 Å². The Bertz CT molecular complexity index is 636. The Morgan fingerprint density at radius 2 is 2.10 bits per heavy atom. The van der Waals surface area contributed by atoms with Gasteiger partial charge >= 0.3 is 0 Å². The van der Waals surface area contributed by atoms with Crippen molar-refractivity contribution in [2.75, 3.05) is 6.54 Å². The summed E-state index contributed by atoms with van der Waals surface area (Å²) >= 11 is 6.01. The molecule has 1 atom stereocenters. The van der Waals surface area contributed by atoms with E-state index in [-0.39, 0.29) is 11.8 Å². The predicted molar refractivity (Wildman–Crippen MR) is 84.7 cm³/mol. The summed E-state index contributed by atoms with van der Waals surface area (Å²) in [5.74, 6) is 0.148. The summed E-state index contributed by atoms with van der Waals surface area (Å²) in [6.45, 7) is 7.47. The maximum atomic E-state index is 12.1. The minimum atomic E-state index is -0.138. The molecule has 5 heteroatoms. The predicted octanol–water partition coefficient (Wildman–Crippen LogP) is 3.22. The highest BCUT2D eigenvalue weighted by molar-refractivity contribution is 6.33. The number of hydrogen-bond acceptors (Lipinski definition) is 2. The van der Waals surface area contributed by atoms with Crippen molar-refractivity contribution in [3.05, 3.63) is 52.3 Å². The summed E-state index contributed by atoms with van der Waals surface area (Å²) in [5.41, 5.74) is 2.66. The molecule has 0 radical (unpaired) electrons. The molecular weight excluding hydrogens is 286 g/mol. The van der Waals surface area contributed by atoms with Crippen LogP contribution in [0.4, 0.5) is 0 Å². The lowest BCUT2D eigenvalue weighted by atomic mass is 10.1. The van der Waals surface area contributed by atoms with Crippen molar-refractivity contribution >= 4 is 17.5 Å². The third kappa shape index (κ3) is 4.08. The molecule has 4 nitrogen and oxygen atoms in total. The van der Waals surface area contributed by atoms with Gasteiger partial charge in [0.2, 0.25) is 0 Å². The third-order valence-electron chi connectivity index (χ3n) is 3.32. The minimum absolute atomic E-state index is 0.138. The van der Waals surface area contributed by atoms with Crippen molar-refractivity contribution in [1.82, 2.24) is 15.1 Å². The number of aromatic nitrogens is 2. The molecule has 112 valence electrons. The fraction of sp³-hybridized carbons (Fsp3) is 0.375. The zero-order valence-corrected chi connectivity index (χ0v) is 13.3. The number of hydrogen-bond donors (Lipinski definition) is 1. The molecule has 0 bridgehead atoms. The molecule has 0 spiro atoms. The molecular formula is C16H20ClN3O. The summed E-state index contributed by atoms with van der Waals surface area (Å²) in [6, 6.07) is 9.11. The van der Waals surface area contributed by atoms with E-state index in [2.05, 4.69) is 23.4 Å². The van der Waals surface area contributed by atoms with Gasteiger partial charge in [-0.1, -0.05) is 30.7 Å². The average Bonchev–Trinajstić information content (AvgIpc) is 2.74. The van der Waals surface area contributed by atoms with E-state index in [4.69, 9.17) is 11.6 Å². The molecule has 0 unspecified atom stereocenters. The topological polar surface area (TPSA) is 46.9 Å². The van der Waals surface area contributed by atoms with Gasteiger partial charge in [-0.25, -0.2) is 0 Å². The second-order valence-corrected chi connectivity index (χ2v) is 5.81. The third-order valence-corrected chi connectivity index (χ3v) is 3.65. The Morgan fingerprint density at radius 3 is 2.71 bits per heavy atom. The molecule has 1 aromatic carbocycles. The summed E-state index contributed by atoms with van der Waals surface area (Å²) in [5, 5.41) is 7.83. The Morgan fingerprint density at radius 1 is 1.38 bits per heavy atom. The second kappa shape index (κ2) is 6.76. The van der Waals surface area contributed by atoms with E-state index >= 15 is 0 Å². The van der Waals surface area contributed by atoms with Crippen LogP contribution in [-0.2, 0) is 6.54 Å². The van der Waals surface area contributed by atoms with E-state index < -0.39 is 0 Å². The van der Waals surface area contributed by atoms with E-state index in [1.165, 1.54) is 0 Å². The number of nitrogens with one attached hydrogen (secondary N) is 1. The normalized spacial score (nSPS) is 12.2. The molecule has 1 aromatic heterocycles. The summed E-state index contributed by atoms with van der Waals surface area (Å²) < 4.78 is 1.97. The fourth-order valence-electron chi connectivity index (χ4n) is 2.23. The standard InChI is InChI=1S/C16H20ClN3O/c1-11(10-20-13(3)8-12(2)19-20)9-18-16(21)14-6-4-5-7-15(14)17/h4-8,11H,9-10H2,1-3H3,(H,18,21)/t11-/m0/s1. The number of rotatable bonds is 5. The van der Waals surface area contributed by atoms with Crippen molar-refractivity contribution < 1.29 is 4.79 Å². The quantitative estimate of drug-likeness (QED) is 0.922. The maximum Gasteiger partial charge on any atom is 0.252 e. The van der Waals surface area contributed by atoms with E-state index in [1.54, 1.807) is 18.2 Å². The van der Waals surface area contributed by atoms with Crippen molar-refractivity contribution in [3.8, 4) is 0 Å². The van der Waals surface area contributed by atoms with Crippen LogP contribution in [0.25, 0.3) is 0 Å². The molecule has 1 N–H and O–H groups in total. The monoisotopic (exact) mass is 305 g/mol. The van der Waals surface area contributed by atoms with Gasteiger partial charge in [-0.3, -0.25) is 9.48 Å². The molecule has 1 heterocycles. The van der Waals surface area contributed by atoms with Crippen LogP contribution in [0, 0.1) is 19.8 Å². The van der Waals surface area contributed by atoms with Gasteiger partial charge in [0, 0.05) is 18.8 Å². The molecule has 2 aromatic rings. The molecule has 1 amide bonds. The number of aryl methyl sites for hydroxylation is 2. The first kappa shape index (κ1) is 15.6. The summed E-state index contributed by atoms with van der Waals surface area (Å²) in [7, 11) is 0. The van der Waals surface area contributed by atoms with E-state index in [0.717, 1.165) is 17.9 Å². The van der Waals surface area contributed by atoms with E-state index in [1.807, 2.05) is 24.6 Å². The van der Waals surface area contributed by atoms with Crippen molar-refractivity contribution in [3.63, 3.8) is 0 Å². The lowest BCUT2D eigenvalue weighted by Gasteiger charge is -2.14. The fourth-order valence-corrected chi connectivity index (χ4v) is 2.45. The highest BCUT2D eigenvalue weighted by atomic mass is 35.5. The molecule has 0 fully saturated rings. The first-order valence-electron chi connectivity index (χ1n) is 7.01. The van der Waals surface area contributed by atoms with Crippen molar-refractivity contribution in [2.24, 2.45) is 5.92 Å². The summed E-state index contributed by atoms with van der Waals surface area (Å²) in [4.78, 5) is 12.1. The Balaban J connectivity index is 1.89. The number of amides is 1. The second-order valence-electron chi connectivity index (χ2n) is 5.40. The number of nitrogens with zero attached hydrogens (tertiary/aromatic N) is 2. The lowest BCUT2D eigenvalue weighted by molar-refractivity contribution is 0.0946. The van der Waals surface area contributed by atoms with Crippen LogP contribution in [0.2, 0.25) is 5.02 Å². The van der Waals surface area contributed by atoms with Crippen LogP contribution in [-0.4, -0.2) is 22.2 Å². The van der Waals surface area contributed by atoms with Gasteiger partial charge in [-0.2, -0.15) is 5.10 Å². The molecule has 0 saturated heterocycles. The Kier molecular flexibility index (Phi) is 5.02. The lowest BCUT2D eigenvalue weighted by Crippen LogP contribution is -2.30. The molecule has 2 rings (SSSR count). The van der Waals surface area contributed by atoms with E-state index in [0.29, 0.717) is 17.1 Å². The summed E-state index contributed by atoms with van der Waals surface area (Å²) in [6.07, 6.45) is 0. The zero-order valence-electron chi connectivity index (χ0n) is 12.6. The average molecular weight is 306 g/mol. The van der Waals surface area contributed by atoms with Crippen LogP contribution in [0.1, 0.15) is 28.7 Å². The SMILES string of the molecule is Cc1cc(C)n(C[C@@H](C)CNC(=O)c2ccccc2Cl)n1. The molecule has 0 aliphatic carbocycles. The van der Waals surface area contributed by atoms with Crippen LogP contribution < -0.4 is 5.32 Å². The minimum Gasteiger partial charge on any atom is -0.352 e. The van der Waals surface area contributed by atoms with Crippen LogP contribution >= 0.6 is 11.6 Å². The zero-order chi connectivity index (χ0) is 15.4. The van der Waals surface area contributed by atoms with Gasteiger partial charge in [0.1, 0.15) is 0 Å². The van der Waals surface area contributed by atoms with E-state index in [9.17, 15) is 4.79 Å². The maximum absolute atomic E-state index is 12.1. The highest BCUT2D eigenvalue weighted by Gasteiger charge is 2.12. The molecule has 0 saturated carbocycles. The number of benzene rings is 1. The first-order chi connectivity index (χ1) is 9.97. The van der Waals surface area contributed by atoms with Gasteiger partial charge in [0.05, 0.1) is 16.3 Å². The largest absolute Gasteiger partial charge is 0.352 e. The van der Waals surface area contributed by atoms with Crippen LogP contribution in [0.5, 0.6) is 0 Å². The van der Waals surface area contributed by atoms with Gasteiger partial charge in [-0.05, 0) is 38.0 Å². The van der Waals surface area contributed by atoms with Crippen LogP contribution in [0.15, 0.2) is 30.3 Å². The van der Waals surface area contributed by atoms with Gasteiger partial charge in [-0.15, -0.1) is 0 Å². The van der Waals surface area contributed by atoms with Gasteiger partial charge < -0.3 is 5.32 Å². The first-order valence-corrected chi connectivity index (χ1v) is 7.39. The molecule has 0 aliphatic heterocycles. The van der Waals surface area contributed by atoms with Crippen LogP contribution in [0.3, 0.4) is 0 Å².